The Morgan fingerprint density at radius 2 is 2.12 bits per heavy atom. The van der Waals surface area contributed by atoms with Crippen LogP contribution in [0.25, 0.3) is 0 Å². The van der Waals surface area contributed by atoms with E-state index in [0.717, 1.165) is 25.2 Å². The van der Waals surface area contributed by atoms with E-state index in [0.29, 0.717) is 17.3 Å². The molecule has 0 unspecified atom stereocenters. The van der Waals surface area contributed by atoms with E-state index in [1.807, 2.05) is 18.2 Å². The molecule has 0 aliphatic rings. The van der Waals surface area contributed by atoms with Gasteiger partial charge in [-0.1, -0.05) is 18.5 Å². The van der Waals surface area contributed by atoms with Crippen LogP contribution in [0.15, 0.2) is 18.2 Å². The molecular formula is C12H19ClN2O. The summed E-state index contributed by atoms with van der Waals surface area (Å²) >= 11 is 6.09. The highest BCUT2D eigenvalue weighted by molar-refractivity contribution is 6.32. The van der Waals surface area contributed by atoms with Gasteiger partial charge in [0, 0.05) is 25.3 Å². The number of rotatable bonds is 6. The van der Waals surface area contributed by atoms with Gasteiger partial charge in [-0.25, -0.2) is 0 Å². The highest BCUT2D eigenvalue weighted by Gasteiger charge is 2.07. The Morgan fingerprint density at radius 1 is 1.38 bits per heavy atom. The minimum atomic E-state index is 0.637. The van der Waals surface area contributed by atoms with Gasteiger partial charge in [0.15, 0.2) is 0 Å². The third kappa shape index (κ3) is 3.29. The summed E-state index contributed by atoms with van der Waals surface area (Å²) in [5.74, 6) is 0.703. The van der Waals surface area contributed by atoms with E-state index >= 15 is 0 Å². The first-order chi connectivity index (χ1) is 7.72. The van der Waals surface area contributed by atoms with E-state index in [4.69, 9.17) is 22.1 Å². The predicted octanol–water partition coefficient (Wildman–Crippen LogP) is 2.52. The smallest absolute Gasteiger partial charge is 0.137 e. The van der Waals surface area contributed by atoms with Gasteiger partial charge in [-0.3, -0.25) is 0 Å². The van der Waals surface area contributed by atoms with Gasteiger partial charge in [-0.15, -0.1) is 0 Å². The molecule has 0 amide bonds. The minimum Gasteiger partial charge on any atom is -0.495 e. The molecule has 0 heterocycles. The van der Waals surface area contributed by atoms with Gasteiger partial charge in [0.2, 0.25) is 0 Å². The van der Waals surface area contributed by atoms with Crippen LogP contribution in [0.5, 0.6) is 5.75 Å². The van der Waals surface area contributed by atoms with Crippen LogP contribution in [-0.2, 0) is 0 Å². The topological polar surface area (TPSA) is 38.5 Å². The van der Waals surface area contributed by atoms with Crippen LogP contribution in [0.3, 0.4) is 0 Å². The van der Waals surface area contributed by atoms with E-state index in [-0.39, 0.29) is 0 Å². The zero-order valence-corrected chi connectivity index (χ0v) is 10.6. The molecule has 0 aliphatic heterocycles. The summed E-state index contributed by atoms with van der Waals surface area (Å²) in [5.41, 5.74) is 6.69. The first-order valence-electron chi connectivity index (χ1n) is 5.51. The first-order valence-corrected chi connectivity index (χ1v) is 5.89. The highest BCUT2D eigenvalue weighted by atomic mass is 35.5. The van der Waals surface area contributed by atoms with Crippen molar-refractivity contribution >= 4 is 17.3 Å². The molecule has 0 fully saturated rings. The van der Waals surface area contributed by atoms with Crippen LogP contribution in [0.1, 0.15) is 13.3 Å². The average molecular weight is 243 g/mol. The molecule has 1 aromatic carbocycles. The SMILES string of the molecule is CCCN(CCN)c1ccc(OC)c(Cl)c1. The number of anilines is 1. The highest BCUT2D eigenvalue weighted by Crippen LogP contribution is 2.29. The van der Waals surface area contributed by atoms with Crippen LogP contribution >= 0.6 is 11.6 Å². The van der Waals surface area contributed by atoms with Crippen LogP contribution in [0.4, 0.5) is 5.69 Å². The lowest BCUT2D eigenvalue weighted by molar-refractivity contribution is 0.415. The maximum Gasteiger partial charge on any atom is 0.137 e. The summed E-state index contributed by atoms with van der Waals surface area (Å²) in [6.45, 7) is 4.62. The summed E-state index contributed by atoms with van der Waals surface area (Å²) in [4.78, 5) is 2.23. The number of nitrogens with zero attached hydrogens (tertiary/aromatic N) is 1. The normalized spacial score (nSPS) is 10.2. The molecule has 0 saturated heterocycles. The van der Waals surface area contributed by atoms with Gasteiger partial charge in [0.1, 0.15) is 5.75 Å². The van der Waals surface area contributed by atoms with E-state index in [9.17, 15) is 0 Å². The number of methoxy groups -OCH3 is 1. The molecule has 90 valence electrons. The van der Waals surface area contributed by atoms with Gasteiger partial charge < -0.3 is 15.4 Å². The fourth-order valence-corrected chi connectivity index (χ4v) is 1.90. The van der Waals surface area contributed by atoms with Crippen molar-refractivity contribution in [2.75, 3.05) is 31.6 Å². The molecule has 1 rings (SSSR count). The Bertz CT molecular complexity index is 325. The minimum absolute atomic E-state index is 0.637. The Kier molecular flexibility index (Phi) is 5.43. The third-order valence-electron chi connectivity index (χ3n) is 2.39. The molecule has 0 saturated carbocycles. The average Bonchev–Trinajstić information content (AvgIpc) is 2.28. The van der Waals surface area contributed by atoms with Crippen LogP contribution in [0, 0.1) is 0 Å². The van der Waals surface area contributed by atoms with Crippen LogP contribution in [0.2, 0.25) is 5.02 Å². The Balaban J connectivity index is 2.87. The van der Waals surface area contributed by atoms with Gasteiger partial charge in [-0.05, 0) is 24.6 Å². The Labute approximate surface area is 102 Å². The molecule has 4 heteroatoms. The summed E-state index contributed by atoms with van der Waals surface area (Å²) in [6, 6.07) is 5.82. The molecule has 0 bridgehead atoms. The van der Waals surface area contributed by atoms with Crippen molar-refractivity contribution in [2.45, 2.75) is 13.3 Å². The molecule has 16 heavy (non-hydrogen) atoms. The molecule has 0 radical (unpaired) electrons. The number of ether oxygens (including phenoxy) is 1. The number of halogens is 1. The fourth-order valence-electron chi connectivity index (χ4n) is 1.65. The number of benzene rings is 1. The van der Waals surface area contributed by atoms with Gasteiger partial charge >= 0.3 is 0 Å². The van der Waals surface area contributed by atoms with Crippen molar-refractivity contribution in [3.05, 3.63) is 23.2 Å². The van der Waals surface area contributed by atoms with Crippen molar-refractivity contribution in [3.63, 3.8) is 0 Å². The standard InChI is InChI=1S/C12H19ClN2O/c1-3-7-15(8-6-14)10-4-5-12(16-2)11(13)9-10/h4-5,9H,3,6-8,14H2,1-2H3. The molecule has 2 N–H and O–H groups in total. The predicted molar refractivity (Wildman–Crippen MR) is 69.6 cm³/mol. The Morgan fingerprint density at radius 3 is 2.62 bits per heavy atom. The molecular weight excluding hydrogens is 224 g/mol. The van der Waals surface area contributed by atoms with Crippen molar-refractivity contribution in [2.24, 2.45) is 5.73 Å². The van der Waals surface area contributed by atoms with Gasteiger partial charge in [0.05, 0.1) is 12.1 Å². The molecule has 0 spiro atoms. The molecule has 0 aromatic heterocycles. The second-order valence-electron chi connectivity index (χ2n) is 3.59. The van der Waals surface area contributed by atoms with E-state index in [2.05, 4.69) is 11.8 Å². The quantitative estimate of drug-likeness (QED) is 0.833. The van der Waals surface area contributed by atoms with Crippen LogP contribution < -0.4 is 15.4 Å². The summed E-state index contributed by atoms with van der Waals surface area (Å²) in [6.07, 6.45) is 1.09. The zero-order chi connectivity index (χ0) is 12.0. The summed E-state index contributed by atoms with van der Waals surface area (Å²) < 4.78 is 5.12. The van der Waals surface area contributed by atoms with Crippen molar-refractivity contribution in [1.29, 1.82) is 0 Å². The van der Waals surface area contributed by atoms with E-state index < -0.39 is 0 Å². The van der Waals surface area contributed by atoms with E-state index in [1.54, 1.807) is 7.11 Å². The lowest BCUT2D eigenvalue weighted by atomic mass is 10.2. The second kappa shape index (κ2) is 6.61. The maximum absolute atomic E-state index is 6.09. The van der Waals surface area contributed by atoms with Crippen molar-refractivity contribution in [1.82, 2.24) is 0 Å². The first kappa shape index (κ1) is 13.1. The third-order valence-corrected chi connectivity index (χ3v) is 2.69. The molecule has 0 atom stereocenters. The van der Waals surface area contributed by atoms with E-state index in [1.165, 1.54) is 0 Å². The zero-order valence-electron chi connectivity index (χ0n) is 9.87. The summed E-state index contributed by atoms with van der Waals surface area (Å²) in [5, 5.41) is 0.637. The summed E-state index contributed by atoms with van der Waals surface area (Å²) in [7, 11) is 1.62. The monoisotopic (exact) mass is 242 g/mol. The number of hydrogen-bond acceptors (Lipinski definition) is 3. The fraction of sp³-hybridized carbons (Fsp3) is 0.500. The molecule has 0 aliphatic carbocycles. The Hall–Kier alpha value is -0.930. The largest absolute Gasteiger partial charge is 0.495 e. The molecule has 3 nitrogen and oxygen atoms in total. The van der Waals surface area contributed by atoms with Crippen LogP contribution in [-0.4, -0.2) is 26.7 Å². The maximum atomic E-state index is 6.09. The number of nitrogens with two attached hydrogens (primary N) is 1. The van der Waals surface area contributed by atoms with Crippen molar-refractivity contribution in [3.8, 4) is 5.75 Å². The lowest BCUT2D eigenvalue weighted by Gasteiger charge is -2.24. The lowest BCUT2D eigenvalue weighted by Crippen LogP contribution is -2.30. The van der Waals surface area contributed by atoms with Crippen molar-refractivity contribution < 1.29 is 4.74 Å². The number of hydrogen-bond donors (Lipinski definition) is 1. The second-order valence-corrected chi connectivity index (χ2v) is 4.00. The molecule has 1 aromatic rings. The van der Waals surface area contributed by atoms with Gasteiger partial charge in [0.25, 0.3) is 0 Å². The van der Waals surface area contributed by atoms with Gasteiger partial charge in [-0.2, -0.15) is 0 Å².